The first-order valence-corrected chi connectivity index (χ1v) is 9.05. The molecule has 6 heteroatoms. The van der Waals surface area contributed by atoms with Crippen molar-refractivity contribution >= 4 is 17.9 Å². The Labute approximate surface area is 158 Å². The van der Waals surface area contributed by atoms with Gasteiger partial charge in [0.05, 0.1) is 7.11 Å². The van der Waals surface area contributed by atoms with Gasteiger partial charge in [-0.2, -0.15) is 0 Å². The van der Waals surface area contributed by atoms with Gasteiger partial charge in [0.15, 0.2) is 0 Å². The molecule has 6 nitrogen and oxygen atoms in total. The van der Waals surface area contributed by atoms with Crippen LogP contribution in [0, 0.1) is 0 Å². The van der Waals surface area contributed by atoms with Gasteiger partial charge in [0.1, 0.15) is 17.1 Å². The van der Waals surface area contributed by atoms with Gasteiger partial charge in [-0.15, -0.1) is 0 Å². The Balaban J connectivity index is 1.91. The summed E-state index contributed by atoms with van der Waals surface area (Å²) >= 11 is 0. The lowest BCUT2D eigenvalue weighted by Gasteiger charge is -2.27. The van der Waals surface area contributed by atoms with Crippen molar-refractivity contribution in [1.29, 1.82) is 0 Å². The summed E-state index contributed by atoms with van der Waals surface area (Å²) in [6.07, 6.45) is 6.28. The molecule has 0 bridgehead atoms. The number of nitrogens with zero attached hydrogens (tertiary/aromatic N) is 2. The molecule has 1 aromatic carbocycles. The first kappa shape index (κ1) is 18.6. The summed E-state index contributed by atoms with van der Waals surface area (Å²) in [6.45, 7) is 1.39. The quantitative estimate of drug-likeness (QED) is 0.827. The molecule has 0 aliphatic carbocycles. The fourth-order valence-corrected chi connectivity index (χ4v) is 3.04. The molecule has 0 unspecified atom stereocenters. The normalized spacial score (nSPS) is 14.6. The number of methoxy groups -OCH3 is 1. The van der Waals surface area contributed by atoms with E-state index in [9.17, 15) is 9.59 Å². The molecule has 0 atom stereocenters. The SMILES string of the molecule is COc1ccccc1C=C(NC(=O)c1ccccn1)C(=O)N1CCCCC1. The van der Waals surface area contributed by atoms with E-state index in [2.05, 4.69) is 10.3 Å². The maximum Gasteiger partial charge on any atom is 0.274 e. The number of carbonyl (C=O) groups excluding carboxylic acids is 2. The number of piperidine rings is 1. The van der Waals surface area contributed by atoms with Gasteiger partial charge in [-0.1, -0.05) is 24.3 Å². The van der Waals surface area contributed by atoms with Crippen LogP contribution in [-0.2, 0) is 4.79 Å². The van der Waals surface area contributed by atoms with E-state index in [1.54, 1.807) is 42.5 Å². The third-order valence-electron chi connectivity index (χ3n) is 4.46. The predicted molar refractivity (Wildman–Crippen MR) is 103 cm³/mol. The average Bonchev–Trinajstić information content (AvgIpc) is 2.74. The zero-order valence-corrected chi connectivity index (χ0v) is 15.4. The number of benzene rings is 1. The molecule has 1 aliphatic rings. The highest BCUT2D eigenvalue weighted by Gasteiger charge is 2.23. The first-order valence-electron chi connectivity index (χ1n) is 9.05. The predicted octanol–water partition coefficient (Wildman–Crippen LogP) is 2.87. The Bertz CT molecular complexity index is 828. The van der Waals surface area contributed by atoms with Gasteiger partial charge < -0.3 is 15.0 Å². The number of hydrogen-bond donors (Lipinski definition) is 1. The second-order valence-corrected chi connectivity index (χ2v) is 6.32. The molecule has 2 aromatic rings. The average molecular weight is 365 g/mol. The van der Waals surface area contributed by atoms with Crippen LogP contribution >= 0.6 is 0 Å². The summed E-state index contributed by atoms with van der Waals surface area (Å²) in [4.78, 5) is 31.5. The molecule has 1 aromatic heterocycles. The Kier molecular flexibility index (Phi) is 6.20. The van der Waals surface area contributed by atoms with Crippen LogP contribution in [0.2, 0.25) is 0 Å². The topological polar surface area (TPSA) is 71.5 Å². The number of hydrogen-bond acceptors (Lipinski definition) is 4. The summed E-state index contributed by atoms with van der Waals surface area (Å²) < 4.78 is 5.37. The minimum atomic E-state index is -0.415. The van der Waals surface area contributed by atoms with Gasteiger partial charge >= 0.3 is 0 Å². The van der Waals surface area contributed by atoms with Crippen molar-refractivity contribution in [3.63, 3.8) is 0 Å². The van der Waals surface area contributed by atoms with E-state index < -0.39 is 5.91 Å². The number of pyridine rings is 1. The summed E-state index contributed by atoms with van der Waals surface area (Å²) in [6, 6.07) is 12.5. The van der Waals surface area contributed by atoms with Crippen LogP contribution < -0.4 is 10.1 Å². The first-order chi connectivity index (χ1) is 13.2. The van der Waals surface area contributed by atoms with Crippen molar-refractivity contribution in [3.8, 4) is 5.75 Å². The number of amides is 2. The van der Waals surface area contributed by atoms with E-state index in [0.29, 0.717) is 18.8 Å². The summed E-state index contributed by atoms with van der Waals surface area (Å²) in [5, 5.41) is 2.74. The van der Waals surface area contributed by atoms with E-state index in [0.717, 1.165) is 24.8 Å². The molecule has 3 rings (SSSR count). The van der Waals surface area contributed by atoms with E-state index in [1.165, 1.54) is 0 Å². The highest BCUT2D eigenvalue weighted by molar-refractivity contribution is 6.04. The maximum atomic E-state index is 13.1. The summed E-state index contributed by atoms with van der Waals surface area (Å²) in [7, 11) is 1.57. The van der Waals surface area contributed by atoms with Crippen molar-refractivity contribution < 1.29 is 14.3 Å². The fraction of sp³-hybridized carbons (Fsp3) is 0.286. The number of likely N-dealkylation sites (tertiary alicyclic amines) is 1. The molecule has 1 aliphatic heterocycles. The lowest BCUT2D eigenvalue weighted by molar-refractivity contribution is -0.128. The van der Waals surface area contributed by atoms with Crippen molar-refractivity contribution in [2.45, 2.75) is 19.3 Å². The molecule has 0 radical (unpaired) electrons. The molecular weight excluding hydrogens is 342 g/mol. The zero-order valence-electron chi connectivity index (χ0n) is 15.4. The number of ether oxygens (including phenoxy) is 1. The van der Waals surface area contributed by atoms with Crippen LogP contribution in [0.15, 0.2) is 54.4 Å². The molecule has 0 spiro atoms. The molecule has 2 heterocycles. The Hall–Kier alpha value is -3.15. The van der Waals surface area contributed by atoms with Crippen molar-refractivity contribution in [2.24, 2.45) is 0 Å². The molecule has 27 heavy (non-hydrogen) atoms. The standard InChI is InChI=1S/C21H23N3O3/c1-27-19-11-4-3-9-16(19)15-18(21(26)24-13-7-2-8-14-24)23-20(25)17-10-5-6-12-22-17/h3-6,9-12,15H,2,7-8,13-14H2,1H3,(H,23,25). The third kappa shape index (κ3) is 4.73. The minimum Gasteiger partial charge on any atom is -0.496 e. The van der Waals surface area contributed by atoms with E-state index in [1.807, 2.05) is 24.3 Å². The van der Waals surface area contributed by atoms with Gasteiger partial charge in [-0.05, 0) is 43.5 Å². The van der Waals surface area contributed by atoms with Crippen molar-refractivity contribution in [2.75, 3.05) is 20.2 Å². The number of aromatic nitrogens is 1. The van der Waals surface area contributed by atoms with Gasteiger partial charge in [0.25, 0.3) is 11.8 Å². The fourth-order valence-electron chi connectivity index (χ4n) is 3.04. The molecule has 140 valence electrons. The largest absolute Gasteiger partial charge is 0.496 e. The summed E-state index contributed by atoms with van der Waals surface area (Å²) in [5.74, 6) is 0.0283. The number of nitrogens with one attached hydrogen (secondary N) is 1. The molecule has 1 fully saturated rings. The highest BCUT2D eigenvalue weighted by atomic mass is 16.5. The van der Waals surface area contributed by atoms with E-state index >= 15 is 0 Å². The molecule has 0 saturated carbocycles. The smallest absolute Gasteiger partial charge is 0.274 e. The van der Waals surface area contributed by atoms with Crippen LogP contribution in [0.3, 0.4) is 0 Å². The molecule has 2 amide bonds. The Morgan fingerprint density at radius 2 is 1.81 bits per heavy atom. The third-order valence-corrected chi connectivity index (χ3v) is 4.46. The lowest BCUT2D eigenvalue weighted by atomic mass is 10.1. The maximum absolute atomic E-state index is 13.1. The monoisotopic (exact) mass is 365 g/mol. The van der Waals surface area contributed by atoms with Crippen LogP contribution in [0.4, 0.5) is 0 Å². The van der Waals surface area contributed by atoms with Crippen LogP contribution in [0.25, 0.3) is 6.08 Å². The van der Waals surface area contributed by atoms with Crippen molar-refractivity contribution in [3.05, 3.63) is 65.6 Å². The second kappa shape index (κ2) is 8.98. The Morgan fingerprint density at radius 1 is 1.07 bits per heavy atom. The Morgan fingerprint density at radius 3 is 2.52 bits per heavy atom. The highest BCUT2D eigenvalue weighted by Crippen LogP contribution is 2.21. The van der Waals surface area contributed by atoms with Gasteiger partial charge in [-0.3, -0.25) is 14.6 Å². The van der Waals surface area contributed by atoms with Gasteiger partial charge in [0.2, 0.25) is 0 Å². The van der Waals surface area contributed by atoms with Crippen LogP contribution in [0.1, 0.15) is 35.3 Å². The van der Waals surface area contributed by atoms with Crippen molar-refractivity contribution in [1.82, 2.24) is 15.2 Å². The summed E-state index contributed by atoms with van der Waals surface area (Å²) in [5.41, 5.74) is 1.20. The molecular formula is C21H23N3O3. The lowest BCUT2D eigenvalue weighted by Crippen LogP contribution is -2.41. The molecule has 1 N–H and O–H groups in total. The van der Waals surface area contributed by atoms with Crippen LogP contribution in [-0.4, -0.2) is 41.9 Å². The van der Waals surface area contributed by atoms with Gasteiger partial charge in [-0.25, -0.2) is 0 Å². The number of rotatable bonds is 5. The number of carbonyl (C=O) groups is 2. The van der Waals surface area contributed by atoms with E-state index in [-0.39, 0.29) is 17.3 Å². The van der Waals surface area contributed by atoms with Crippen LogP contribution in [0.5, 0.6) is 5.75 Å². The molecule has 1 saturated heterocycles. The second-order valence-electron chi connectivity index (χ2n) is 6.32. The minimum absolute atomic E-state index is 0.190. The van der Waals surface area contributed by atoms with E-state index in [4.69, 9.17) is 4.74 Å². The zero-order chi connectivity index (χ0) is 19.1. The van der Waals surface area contributed by atoms with Gasteiger partial charge in [0, 0.05) is 24.8 Å². The number of para-hydroxylation sites is 1.